The SMILES string of the molecule is COc1cc(Cl)c(C#N)cc1C(=O)O. The minimum atomic E-state index is -1.16. The van der Waals surface area contributed by atoms with Gasteiger partial charge >= 0.3 is 5.97 Å². The summed E-state index contributed by atoms with van der Waals surface area (Å²) < 4.78 is 4.81. The summed E-state index contributed by atoms with van der Waals surface area (Å²) in [4.78, 5) is 10.7. The zero-order valence-corrected chi connectivity index (χ0v) is 8.00. The van der Waals surface area contributed by atoms with Crippen molar-refractivity contribution < 1.29 is 14.6 Å². The summed E-state index contributed by atoms with van der Waals surface area (Å²) in [5, 5.41) is 17.6. The van der Waals surface area contributed by atoms with Crippen LogP contribution in [0.2, 0.25) is 5.02 Å². The average Bonchev–Trinajstić information content (AvgIpc) is 2.16. The van der Waals surface area contributed by atoms with E-state index in [9.17, 15) is 4.79 Å². The van der Waals surface area contributed by atoms with Crippen molar-refractivity contribution in [3.05, 3.63) is 28.3 Å². The van der Waals surface area contributed by atoms with Gasteiger partial charge in [0.2, 0.25) is 0 Å². The molecule has 0 bridgehead atoms. The van der Waals surface area contributed by atoms with E-state index in [0.717, 1.165) is 0 Å². The highest BCUT2D eigenvalue weighted by Crippen LogP contribution is 2.26. The number of halogens is 1. The van der Waals surface area contributed by atoms with Gasteiger partial charge in [-0.3, -0.25) is 0 Å². The molecule has 5 heteroatoms. The summed E-state index contributed by atoms with van der Waals surface area (Å²) >= 11 is 5.69. The molecule has 0 spiro atoms. The molecule has 1 aromatic rings. The summed E-state index contributed by atoms with van der Waals surface area (Å²) in [6.45, 7) is 0. The second kappa shape index (κ2) is 3.99. The first-order chi connectivity index (χ1) is 6.60. The molecule has 0 aliphatic heterocycles. The van der Waals surface area contributed by atoms with Crippen molar-refractivity contribution in [3.8, 4) is 11.8 Å². The largest absolute Gasteiger partial charge is 0.496 e. The molecule has 0 heterocycles. The number of methoxy groups -OCH3 is 1. The maximum atomic E-state index is 10.7. The fraction of sp³-hybridized carbons (Fsp3) is 0.111. The lowest BCUT2D eigenvalue weighted by atomic mass is 10.1. The Balaban J connectivity index is 3.42. The fourth-order valence-electron chi connectivity index (χ4n) is 0.977. The van der Waals surface area contributed by atoms with Crippen molar-refractivity contribution in [2.75, 3.05) is 7.11 Å². The molecule has 0 radical (unpaired) electrons. The highest BCUT2D eigenvalue weighted by Gasteiger charge is 2.14. The normalized spacial score (nSPS) is 9.21. The van der Waals surface area contributed by atoms with Crippen LogP contribution in [-0.2, 0) is 0 Å². The summed E-state index contributed by atoms with van der Waals surface area (Å²) in [5.74, 6) is -1.02. The van der Waals surface area contributed by atoms with Crippen LogP contribution in [0, 0.1) is 11.3 Å². The number of aromatic carboxylic acids is 1. The van der Waals surface area contributed by atoms with Crippen LogP contribution < -0.4 is 4.74 Å². The summed E-state index contributed by atoms with van der Waals surface area (Å²) in [7, 11) is 1.34. The van der Waals surface area contributed by atoms with Crippen LogP contribution in [0.15, 0.2) is 12.1 Å². The lowest BCUT2D eigenvalue weighted by molar-refractivity contribution is 0.0693. The molecule has 4 nitrogen and oxygen atoms in total. The molecular formula is C9H6ClNO3. The quantitative estimate of drug-likeness (QED) is 0.811. The minimum absolute atomic E-state index is 0.0755. The van der Waals surface area contributed by atoms with Crippen molar-refractivity contribution in [1.29, 1.82) is 5.26 Å². The van der Waals surface area contributed by atoms with Crippen LogP contribution in [0.3, 0.4) is 0 Å². The maximum Gasteiger partial charge on any atom is 0.339 e. The number of carboxylic acids is 1. The lowest BCUT2D eigenvalue weighted by Crippen LogP contribution is -2.01. The number of carboxylic acid groups (broad SMARTS) is 1. The standard InChI is InChI=1S/C9H6ClNO3/c1-14-8-3-7(10)5(4-11)2-6(8)9(12)13/h2-3H,1H3,(H,12,13). The first-order valence-electron chi connectivity index (χ1n) is 3.61. The van der Waals surface area contributed by atoms with E-state index in [1.807, 2.05) is 0 Å². The van der Waals surface area contributed by atoms with Gasteiger partial charge in [0.15, 0.2) is 0 Å². The first kappa shape index (κ1) is 10.4. The molecule has 1 rings (SSSR count). The highest BCUT2D eigenvalue weighted by atomic mass is 35.5. The molecule has 14 heavy (non-hydrogen) atoms. The Bertz CT molecular complexity index is 423. The third-order valence-electron chi connectivity index (χ3n) is 1.64. The van der Waals surface area contributed by atoms with Gasteiger partial charge in [0, 0.05) is 6.07 Å². The van der Waals surface area contributed by atoms with E-state index >= 15 is 0 Å². The number of nitriles is 1. The number of hydrogen-bond donors (Lipinski definition) is 1. The average molecular weight is 212 g/mol. The van der Waals surface area contributed by atoms with E-state index < -0.39 is 5.97 Å². The molecular weight excluding hydrogens is 206 g/mol. The fourth-order valence-corrected chi connectivity index (χ4v) is 1.17. The number of hydrogen-bond acceptors (Lipinski definition) is 3. The number of rotatable bonds is 2. The van der Waals surface area contributed by atoms with Crippen molar-refractivity contribution in [2.45, 2.75) is 0 Å². The number of benzene rings is 1. The molecule has 72 valence electrons. The zero-order valence-electron chi connectivity index (χ0n) is 7.24. The number of carbonyl (C=O) groups is 1. The van der Waals surface area contributed by atoms with Gasteiger partial charge in [-0.15, -0.1) is 0 Å². The van der Waals surface area contributed by atoms with Gasteiger partial charge in [0.25, 0.3) is 0 Å². The molecule has 0 aromatic heterocycles. The number of ether oxygens (including phenoxy) is 1. The Morgan fingerprint density at radius 3 is 2.71 bits per heavy atom. The summed E-state index contributed by atoms with van der Waals surface area (Å²) in [6.07, 6.45) is 0. The van der Waals surface area contributed by atoms with Crippen LogP contribution in [0.4, 0.5) is 0 Å². The molecule has 0 fully saturated rings. The van der Waals surface area contributed by atoms with Crippen LogP contribution in [-0.4, -0.2) is 18.2 Å². The van der Waals surface area contributed by atoms with Gasteiger partial charge in [-0.05, 0) is 6.07 Å². The molecule has 0 atom stereocenters. The second-order valence-corrected chi connectivity index (χ2v) is 2.86. The maximum absolute atomic E-state index is 10.7. The smallest absolute Gasteiger partial charge is 0.339 e. The van der Waals surface area contributed by atoms with E-state index in [1.165, 1.54) is 19.2 Å². The molecule has 0 saturated heterocycles. The Labute approximate surface area is 85.3 Å². The Kier molecular flexibility index (Phi) is 2.95. The van der Waals surface area contributed by atoms with Gasteiger partial charge in [0.1, 0.15) is 17.4 Å². The monoisotopic (exact) mass is 211 g/mol. The Morgan fingerprint density at radius 1 is 1.64 bits per heavy atom. The molecule has 1 N–H and O–H groups in total. The van der Waals surface area contributed by atoms with Crippen LogP contribution >= 0.6 is 11.6 Å². The number of nitrogens with zero attached hydrogens (tertiary/aromatic N) is 1. The van der Waals surface area contributed by atoms with Crippen molar-refractivity contribution >= 4 is 17.6 Å². The van der Waals surface area contributed by atoms with Crippen molar-refractivity contribution in [3.63, 3.8) is 0 Å². The molecule has 1 aromatic carbocycles. The van der Waals surface area contributed by atoms with Gasteiger partial charge in [-0.1, -0.05) is 11.6 Å². The lowest BCUT2D eigenvalue weighted by Gasteiger charge is -2.05. The van der Waals surface area contributed by atoms with E-state index in [1.54, 1.807) is 6.07 Å². The Morgan fingerprint density at radius 2 is 2.29 bits per heavy atom. The van der Waals surface area contributed by atoms with Crippen LogP contribution in [0.1, 0.15) is 15.9 Å². The third kappa shape index (κ3) is 1.78. The van der Waals surface area contributed by atoms with Gasteiger partial charge in [-0.25, -0.2) is 4.79 Å². The van der Waals surface area contributed by atoms with E-state index in [4.69, 9.17) is 26.7 Å². The predicted molar refractivity (Wildman–Crippen MR) is 49.7 cm³/mol. The van der Waals surface area contributed by atoms with E-state index in [0.29, 0.717) is 0 Å². The zero-order chi connectivity index (χ0) is 10.7. The predicted octanol–water partition coefficient (Wildman–Crippen LogP) is 1.92. The summed E-state index contributed by atoms with van der Waals surface area (Å²) in [5.41, 5.74) is 0.0401. The summed E-state index contributed by atoms with van der Waals surface area (Å²) in [6, 6.07) is 4.28. The minimum Gasteiger partial charge on any atom is -0.496 e. The second-order valence-electron chi connectivity index (χ2n) is 2.45. The highest BCUT2D eigenvalue weighted by molar-refractivity contribution is 6.32. The van der Waals surface area contributed by atoms with E-state index in [2.05, 4.69) is 0 Å². The Hall–Kier alpha value is -1.73. The third-order valence-corrected chi connectivity index (χ3v) is 1.95. The van der Waals surface area contributed by atoms with Crippen molar-refractivity contribution in [1.82, 2.24) is 0 Å². The van der Waals surface area contributed by atoms with Crippen molar-refractivity contribution in [2.24, 2.45) is 0 Å². The molecule has 0 amide bonds. The van der Waals surface area contributed by atoms with Crippen LogP contribution in [0.25, 0.3) is 0 Å². The van der Waals surface area contributed by atoms with Crippen LogP contribution in [0.5, 0.6) is 5.75 Å². The van der Waals surface area contributed by atoms with Gasteiger partial charge in [0.05, 0.1) is 17.7 Å². The van der Waals surface area contributed by atoms with Gasteiger partial charge < -0.3 is 9.84 Å². The first-order valence-corrected chi connectivity index (χ1v) is 3.99. The molecule has 0 aliphatic rings. The molecule has 0 unspecified atom stereocenters. The van der Waals surface area contributed by atoms with E-state index in [-0.39, 0.29) is 21.9 Å². The molecule has 0 saturated carbocycles. The topological polar surface area (TPSA) is 70.3 Å². The van der Waals surface area contributed by atoms with Gasteiger partial charge in [-0.2, -0.15) is 5.26 Å². The molecule has 0 aliphatic carbocycles.